The quantitative estimate of drug-likeness (QED) is 0.587. The largest absolute Gasteiger partial charge is 0.591 e. The van der Waals surface area contributed by atoms with Gasteiger partial charge in [0.15, 0.2) is 0 Å². The number of nitrogens with zero attached hydrogens (tertiary/aromatic N) is 2. The van der Waals surface area contributed by atoms with Gasteiger partial charge < -0.3 is 4.55 Å². The summed E-state index contributed by atoms with van der Waals surface area (Å²) in [4.78, 5) is 4.10. The lowest BCUT2D eigenvalue weighted by Gasteiger charge is -2.22. The van der Waals surface area contributed by atoms with E-state index in [-0.39, 0.29) is 4.75 Å². The van der Waals surface area contributed by atoms with Crippen molar-refractivity contribution in [3.8, 4) is 0 Å². The van der Waals surface area contributed by atoms with Crippen LogP contribution in [-0.4, -0.2) is 20.0 Å². The van der Waals surface area contributed by atoms with Gasteiger partial charge in [-0.2, -0.15) is 0 Å². The Bertz CT molecular complexity index is 482. The van der Waals surface area contributed by atoms with E-state index in [1.165, 1.54) is 0 Å². The summed E-state index contributed by atoms with van der Waals surface area (Å²) >= 11 is 4.67. The van der Waals surface area contributed by atoms with E-state index in [4.69, 9.17) is 11.6 Å². The molecule has 1 heterocycles. The van der Waals surface area contributed by atoms with Crippen molar-refractivity contribution in [2.24, 2.45) is 4.40 Å². The van der Waals surface area contributed by atoms with Crippen LogP contribution in [0.5, 0.6) is 0 Å². The van der Waals surface area contributed by atoms with Gasteiger partial charge in [-0.15, -0.1) is 0 Å². The fourth-order valence-electron chi connectivity index (χ4n) is 1.85. The van der Waals surface area contributed by atoms with Gasteiger partial charge >= 0.3 is 0 Å². The van der Waals surface area contributed by atoms with Gasteiger partial charge in [0.1, 0.15) is 27.0 Å². The van der Waals surface area contributed by atoms with E-state index in [1.54, 1.807) is 6.20 Å². The highest BCUT2D eigenvalue weighted by atomic mass is 35.5. The first-order valence-corrected chi connectivity index (χ1v) is 7.51. The molecular formula is C13H17ClN2OS. The van der Waals surface area contributed by atoms with Crippen molar-refractivity contribution in [1.82, 2.24) is 4.98 Å². The molecule has 0 spiro atoms. The summed E-state index contributed by atoms with van der Waals surface area (Å²) in [6.07, 6.45) is 4.61. The van der Waals surface area contributed by atoms with Crippen LogP contribution in [0.15, 0.2) is 16.7 Å². The van der Waals surface area contributed by atoms with Gasteiger partial charge in [0.2, 0.25) is 0 Å². The molecule has 1 aliphatic carbocycles. The molecule has 0 bridgehead atoms. The Hall–Kier alpha value is -0.580. The predicted octanol–water partition coefficient (Wildman–Crippen LogP) is 3.32. The van der Waals surface area contributed by atoms with Gasteiger partial charge in [0.25, 0.3) is 0 Å². The summed E-state index contributed by atoms with van der Waals surface area (Å²) in [7, 11) is 0. The van der Waals surface area contributed by atoms with Gasteiger partial charge in [-0.25, -0.2) is 4.98 Å². The molecule has 0 saturated carbocycles. The lowest BCUT2D eigenvalue weighted by molar-refractivity contribution is 0.561. The van der Waals surface area contributed by atoms with E-state index < -0.39 is 11.4 Å². The Morgan fingerprint density at radius 3 is 2.78 bits per heavy atom. The molecule has 1 aromatic rings. The minimum Gasteiger partial charge on any atom is -0.591 e. The van der Waals surface area contributed by atoms with E-state index in [1.807, 2.05) is 26.8 Å². The van der Waals surface area contributed by atoms with Crippen LogP contribution in [0.4, 0.5) is 0 Å². The van der Waals surface area contributed by atoms with E-state index in [2.05, 4.69) is 9.38 Å². The summed E-state index contributed by atoms with van der Waals surface area (Å²) in [5.41, 5.74) is 3.06. The van der Waals surface area contributed by atoms with E-state index in [0.717, 1.165) is 36.1 Å². The first kappa shape index (κ1) is 13.8. The first-order valence-electron chi connectivity index (χ1n) is 6.02. The Morgan fingerprint density at radius 2 is 2.11 bits per heavy atom. The van der Waals surface area contributed by atoms with Gasteiger partial charge in [0.05, 0.1) is 0 Å². The van der Waals surface area contributed by atoms with Crippen LogP contribution in [0, 0.1) is 0 Å². The molecule has 1 aliphatic rings. The van der Waals surface area contributed by atoms with Gasteiger partial charge in [0, 0.05) is 11.8 Å². The van der Waals surface area contributed by atoms with Crippen LogP contribution in [0.1, 0.15) is 44.7 Å². The zero-order chi connectivity index (χ0) is 13.3. The lowest BCUT2D eigenvalue weighted by atomic mass is 9.92. The molecule has 3 nitrogen and oxygen atoms in total. The highest BCUT2D eigenvalue weighted by molar-refractivity contribution is 7.91. The molecule has 0 N–H and O–H groups in total. The van der Waals surface area contributed by atoms with Crippen LogP contribution in [0.3, 0.4) is 0 Å². The molecule has 0 amide bonds. The number of fused-ring (bicyclic) bond motifs is 1. The topological polar surface area (TPSA) is 48.3 Å². The van der Waals surface area contributed by atoms with Gasteiger partial charge in [-0.05, 0) is 51.7 Å². The number of halogens is 1. The number of hydrogen-bond donors (Lipinski definition) is 0. The zero-order valence-corrected chi connectivity index (χ0v) is 12.4. The third-order valence-electron chi connectivity index (χ3n) is 2.84. The molecule has 0 saturated heterocycles. The number of pyridine rings is 1. The number of aromatic nitrogens is 1. The number of hydrogen-bond acceptors (Lipinski definition) is 3. The molecule has 0 fully saturated rings. The highest BCUT2D eigenvalue weighted by Gasteiger charge is 2.28. The Labute approximate surface area is 116 Å². The van der Waals surface area contributed by atoms with Crippen molar-refractivity contribution in [3.05, 3.63) is 28.5 Å². The number of rotatable bonds is 1. The molecule has 1 aromatic heterocycles. The van der Waals surface area contributed by atoms with E-state index in [0.29, 0.717) is 5.15 Å². The Morgan fingerprint density at radius 1 is 1.39 bits per heavy atom. The average Bonchev–Trinajstić information content (AvgIpc) is 2.27. The van der Waals surface area contributed by atoms with Gasteiger partial charge in [-0.1, -0.05) is 16.0 Å². The maximum Gasteiger partial charge on any atom is 0.144 e. The fraction of sp³-hybridized carbons (Fsp3) is 0.538. The molecule has 98 valence electrons. The van der Waals surface area contributed by atoms with Crippen LogP contribution in [-0.2, 0) is 17.8 Å². The second-order valence-electron chi connectivity index (χ2n) is 5.42. The van der Waals surface area contributed by atoms with Crippen molar-refractivity contribution < 1.29 is 4.55 Å². The summed E-state index contributed by atoms with van der Waals surface area (Å²) in [5.74, 6) is 0. The van der Waals surface area contributed by atoms with Gasteiger partial charge in [-0.3, -0.25) is 0 Å². The first-order chi connectivity index (χ1) is 8.38. The van der Waals surface area contributed by atoms with E-state index in [9.17, 15) is 4.55 Å². The summed E-state index contributed by atoms with van der Waals surface area (Å²) in [6.45, 7) is 5.78. The summed E-state index contributed by atoms with van der Waals surface area (Å²) in [5, 5.41) is 0.506. The van der Waals surface area contributed by atoms with Crippen molar-refractivity contribution >= 4 is 28.7 Å². The molecule has 2 rings (SSSR count). The Kier molecular flexibility index (Phi) is 3.99. The van der Waals surface area contributed by atoms with Crippen LogP contribution >= 0.6 is 11.6 Å². The smallest absolute Gasteiger partial charge is 0.144 e. The minimum absolute atomic E-state index is 0.329. The van der Waals surface area contributed by atoms with E-state index >= 15 is 0 Å². The second kappa shape index (κ2) is 5.19. The average molecular weight is 285 g/mol. The predicted molar refractivity (Wildman–Crippen MR) is 76.6 cm³/mol. The van der Waals surface area contributed by atoms with Crippen molar-refractivity contribution in [2.75, 3.05) is 0 Å². The lowest BCUT2D eigenvalue weighted by Crippen LogP contribution is -2.27. The molecule has 5 heteroatoms. The van der Waals surface area contributed by atoms with Crippen molar-refractivity contribution in [2.45, 2.75) is 44.8 Å². The molecule has 0 radical (unpaired) electrons. The van der Waals surface area contributed by atoms with Crippen molar-refractivity contribution in [3.63, 3.8) is 0 Å². The highest BCUT2D eigenvalue weighted by Crippen LogP contribution is 2.26. The molecule has 0 aliphatic heterocycles. The third-order valence-corrected chi connectivity index (χ3v) is 4.48. The third kappa shape index (κ3) is 3.05. The normalized spacial score (nSPS) is 19.7. The minimum atomic E-state index is -1.22. The molecular weight excluding hydrogens is 268 g/mol. The maximum atomic E-state index is 12.1. The fourth-order valence-corrected chi connectivity index (χ4v) is 2.69. The maximum absolute atomic E-state index is 12.1. The molecule has 18 heavy (non-hydrogen) atoms. The number of aryl methyl sites for hydroxylation is 1. The summed E-state index contributed by atoms with van der Waals surface area (Å²) < 4.78 is 16.1. The standard InChI is InChI=1S/C13H17ClN2OS/c1-13(2,3)18(17)16-11-6-4-5-9-7-12(14)15-8-10(9)11/h7-8H,4-6H2,1-3H3. The van der Waals surface area contributed by atoms with Crippen LogP contribution in [0.25, 0.3) is 0 Å². The van der Waals surface area contributed by atoms with Crippen molar-refractivity contribution in [1.29, 1.82) is 0 Å². The van der Waals surface area contributed by atoms with Crippen LogP contribution in [0.2, 0.25) is 5.15 Å². The SMILES string of the molecule is CC(C)(C)[S+]([O-])N=C1CCCc2cc(Cl)ncc21. The molecule has 1 unspecified atom stereocenters. The Balaban J connectivity index is 2.36. The molecule has 0 aromatic carbocycles. The van der Waals surface area contributed by atoms with Crippen LogP contribution < -0.4 is 0 Å². The zero-order valence-electron chi connectivity index (χ0n) is 10.9. The summed E-state index contributed by atoms with van der Waals surface area (Å²) in [6, 6.07) is 1.88. The second-order valence-corrected chi connectivity index (χ2v) is 7.71. The molecule has 1 atom stereocenters. The monoisotopic (exact) mass is 284 g/mol.